The van der Waals surface area contributed by atoms with E-state index < -0.39 is 0 Å². The van der Waals surface area contributed by atoms with Crippen LogP contribution in [0.2, 0.25) is 0 Å². The number of nitrogens with two attached hydrogens (primary N) is 1. The molecule has 5 heteroatoms. The molecule has 1 aliphatic rings. The molecule has 92 valence electrons. The van der Waals surface area contributed by atoms with Crippen molar-refractivity contribution in [3.8, 4) is 0 Å². The normalized spacial score (nSPS) is 18.6. The molecule has 1 aromatic rings. The SMILES string of the molecule is Cc1cc2c(s1)CCCC2C(=O)N(C)C(=N)N. The Bertz CT molecular complexity index is 466. The lowest BCUT2D eigenvalue weighted by atomic mass is 9.86. The van der Waals surface area contributed by atoms with Crippen LogP contribution in [0.1, 0.15) is 34.1 Å². The number of hydrogen-bond acceptors (Lipinski definition) is 3. The smallest absolute Gasteiger partial charge is 0.236 e. The summed E-state index contributed by atoms with van der Waals surface area (Å²) in [7, 11) is 1.57. The highest BCUT2D eigenvalue weighted by molar-refractivity contribution is 7.12. The summed E-state index contributed by atoms with van der Waals surface area (Å²) in [5, 5.41) is 7.32. The summed E-state index contributed by atoms with van der Waals surface area (Å²) in [5.74, 6) is -0.358. The van der Waals surface area contributed by atoms with Gasteiger partial charge in [-0.05, 0) is 37.8 Å². The number of hydrogen-bond donors (Lipinski definition) is 2. The lowest BCUT2D eigenvalue weighted by Crippen LogP contribution is -2.41. The van der Waals surface area contributed by atoms with Gasteiger partial charge in [-0.15, -0.1) is 11.3 Å². The monoisotopic (exact) mass is 251 g/mol. The van der Waals surface area contributed by atoms with Gasteiger partial charge >= 0.3 is 0 Å². The summed E-state index contributed by atoms with van der Waals surface area (Å²) < 4.78 is 0. The minimum absolute atomic E-state index is 0.0590. The fourth-order valence-corrected chi connectivity index (χ4v) is 3.44. The number of rotatable bonds is 1. The average Bonchev–Trinajstić information content (AvgIpc) is 2.66. The maximum atomic E-state index is 12.2. The van der Waals surface area contributed by atoms with E-state index >= 15 is 0 Å². The zero-order chi connectivity index (χ0) is 12.6. The van der Waals surface area contributed by atoms with Crippen LogP contribution in [0.25, 0.3) is 0 Å². The van der Waals surface area contributed by atoms with Crippen molar-refractivity contribution in [3.05, 3.63) is 21.4 Å². The van der Waals surface area contributed by atoms with E-state index in [1.807, 2.05) is 0 Å². The summed E-state index contributed by atoms with van der Waals surface area (Å²) >= 11 is 1.78. The molecule has 0 fully saturated rings. The molecule has 4 nitrogen and oxygen atoms in total. The number of carbonyl (C=O) groups excluding carboxylic acids is 1. The highest BCUT2D eigenvalue weighted by atomic mass is 32.1. The lowest BCUT2D eigenvalue weighted by Gasteiger charge is -2.25. The molecular weight excluding hydrogens is 234 g/mol. The standard InChI is InChI=1S/C12H17N3OS/c1-7-6-9-8(4-3-5-10(9)17-7)11(16)15(2)12(13)14/h6,8H,3-5H2,1-2H3,(H3,13,14). The van der Waals surface area contributed by atoms with Gasteiger partial charge < -0.3 is 5.73 Å². The molecule has 0 radical (unpaired) electrons. The predicted molar refractivity (Wildman–Crippen MR) is 69.4 cm³/mol. The van der Waals surface area contributed by atoms with Crippen molar-refractivity contribution >= 4 is 23.2 Å². The van der Waals surface area contributed by atoms with Gasteiger partial charge in [0.15, 0.2) is 5.96 Å². The number of carbonyl (C=O) groups is 1. The van der Waals surface area contributed by atoms with E-state index in [0.717, 1.165) is 24.8 Å². The number of aryl methyl sites for hydroxylation is 2. The van der Waals surface area contributed by atoms with Gasteiger partial charge in [0.25, 0.3) is 0 Å². The van der Waals surface area contributed by atoms with Crippen molar-refractivity contribution in [1.29, 1.82) is 5.41 Å². The van der Waals surface area contributed by atoms with Crippen LogP contribution in [0.5, 0.6) is 0 Å². The Hall–Kier alpha value is -1.36. The van der Waals surface area contributed by atoms with Crippen LogP contribution in [0, 0.1) is 12.3 Å². The molecule has 1 aliphatic carbocycles. The number of guanidine groups is 1. The van der Waals surface area contributed by atoms with Gasteiger partial charge in [-0.25, -0.2) is 0 Å². The molecule has 17 heavy (non-hydrogen) atoms. The molecule has 0 bridgehead atoms. The first-order valence-electron chi connectivity index (χ1n) is 5.71. The van der Waals surface area contributed by atoms with Gasteiger partial charge in [0.2, 0.25) is 5.91 Å². The summed E-state index contributed by atoms with van der Waals surface area (Å²) in [5.41, 5.74) is 6.51. The third kappa shape index (κ3) is 2.20. The minimum atomic E-state index is -0.186. The molecule has 2 rings (SSSR count). The molecule has 0 spiro atoms. The van der Waals surface area contributed by atoms with E-state index in [-0.39, 0.29) is 17.8 Å². The Kier molecular flexibility index (Phi) is 3.19. The second-order valence-corrected chi connectivity index (χ2v) is 5.80. The van der Waals surface area contributed by atoms with E-state index in [2.05, 4.69) is 13.0 Å². The van der Waals surface area contributed by atoms with Crippen LogP contribution in [-0.4, -0.2) is 23.8 Å². The fourth-order valence-electron chi connectivity index (χ4n) is 2.30. The summed E-state index contributed by atoms with van der Waals surface area (Å²) in [6, 6.07) is 2.11. The van der Waals surface area contributed by atoms with Gasteiger partial charge in [0.1, 0.15) is 0 Å². The topological polar surface area (TPSA) is 70.2 Å². The van der Waals surface area contributed by atoms with E-state index in [0.29, 0.717) is 0 Å². The van der Waals surface area contributed by atoms with Crippen molar-refractivity contribution in [2.24, 2.45) is 5.73 Å². The van der Waals surface area contributed by atoms with Crippen molar-refractivity contribution in [1.82, 2.24) is 4.90 Å². The Morgan fingerprint density at radius 1 is 1.65 bits per heavy atom. The largest absolute Gasteiger partial charge is 0.370 e. The maximum Gasteiger partial charge on any atom is 0.236 e. The van der Waals surface area contributed by atoms with E-state index in [1.54, 1.807) is 18.4 Å². The Balaban J connectivity index is 2.29. The molecule has 1 heterocycles. The van der Waals surface area contributed by atoms with E-state index in [1.165, 1.54) is 14.7 Å². The zero-order valence-corrected chi connectivity index (χ0v) is 10.9. The van der Waals surface area contributed by atoms with Gasteiger partial charge in [-0.3, -0.25) is 15.1 Å². The lowest BCUT2D eigenvalue weighted by molar-refractivity contribution is -0.128. The van der Waals surface area contributed by atoms with Crippen LogP contribution in [0.3, 0.4) is 0 Å². The Morgan fingerprint density at radius 2 is 2.35 bits per heavy atom. The number of nitrogens with zero attached hydrogens (tertiary/aromatic N) is 1. The fraction of sp³-hybridized carbons (Fsp3) is 0.500. The molecule has 0 saturated heterocycles. The van der Waals surface area contributed by atoms with Crippen LogP contribution in [-0.2, 0) is 11.2 Å². The third-order valence-electron chi connectivity index (χ3n) is 3.23. The Labute approximate surface area is 105 Å². The van der Waals surface area contributed by atoms with Crippen molar-refractivity contribution in [3.63, 3.8) is 0 Å². The molecule has 0 aliphatic heterocycles. The van der Waals surface area contributed by atoms with Crippen molar-refractivity contribution in [2.75, 3.05) is 7.05 Å². The molecule has 1 amide bonds. The zero-order valence-electron chi connectivity index (χ0n) is 10.1. The average molecular weight is 251 g/mol. The van der Waals surface area contributed by atoms with Crippen LogP contribution in [0.15, 0.2) is 6.07 Å². The van der Waals surface area contributed by atoms with Crippen LogP contribution < -0.4 is 5.73 Å². The third-order valence-corrected chi connectivity index (χ3v) is 4.35. The van der Waals surface area contributed by atoms with Gasteiger partial charge in [-0.2, -0.15) is 0 Å². The first-order chi connectivity index (χ1) is 8.00. The van der Waals surface area contributed by atoms with Gasteiger partial charge in [0, 0.05) is 16.8 Å². The van der Waals surface area contributed by atoms with Crippen molar-refractivity contribution < 1.29 is 4.79 Å². The first kappa shape index (κ1) is 12.1. The highest BCUT2D eigenvalue weighted by Gasteiger charge is 2.30. The first-order valence-corrected chi connectivity index (χ1v) is 6.53. The second kappa shape index (κ2) is 4.49. The molecular formula is C12H17N3OS. The Morgan fingerprint density at radius 3 is 3.00 bits per heavy atom. The summed E-state index contributed by atoms with van der Waals surface area (Å²) in [4.78, 5) is 16.0. The highest BCUT2D eigenvalue weighted by Crippen LogP contribution is 2.37. The van der Waals surface area contributed by atoms with Gasteiger partial charge in [0.05, 0.1) is 5.92 Å². The summed E-state index contributed by atoms with van der Waals surface area (Å²) in [6.07, 6.45) is 2.97. The number of nitrogens with one attached hydrogen (secondary N) is 1. The van der Waals surface area contributed by atoms with Gasteiger partial charge in [-0.1, -0.05) is 0 Å². The summed E-state index contributed by atoms with van der Waals surface area (Å²) in [6.45, 7) is 2.07. The van der Waals surface area contributed by atoms with E-state index in [4.69, 9.17) is 11.1 Å². The predicted octanol–water partition coefficient (Wildman–Crippen LogP) is 1.83. The number of fused-ring (bicyclic) bond motifs is 1. The number of thiophene rings is 1. The molecule has 0 saturated carbocycles. The molecule has 1 atom stereocenters. The minimum Gasteiger partial charge on any atom is -0.370 e. The molecule has 1 aromatic heterocycles. The van der Waals surface area contributed by atoms with Crippen molar-refractivity contribution in [2.45, 2.75) is 32.1 Å². The quantitative estimate of drug-likeness (QED) is 0.590. The molecule has 0 aromatic carbocycles. The van der Waals surface area contributed by atoms with Crippen LogP contribution in [0.4, 0.5) is 0 Å². The number of likely N-dealkylation sites (N-methyl/N-ethyl adjacent to an activating group) is 1. The maximum absolute atomic E-state index is 12.2. The van der Waals surface area contributed by atoms with Crippen LogP contribution >= 0.6 is 11.3 Å². The second-order valence-electron chi connectivity index (χ2n) is 4.46. The number of amides is 1. The molecule has 3 N–H and O–H groups in total. The molecule has 1 unspecified atom stereocenters. The van der Waals surface area contributed by atoms with E-state index in [9.17, 15) is 4.79 Å².